The van der Waals surface area contributed by atoms with Crippen LogP contribution in [0, 0.1) is 0 Å². The molecule has 6 aliphatic rings. The molecule has 4 bridgehead atoms. The molecule has 6 rings (SSSR count). The fourth-order valence-electron chi connectivity index (χ4n) is 7.24. The number of aliphatic hydroxyl groups is 1. The van der Waals surface area contributed by atoms with E-state index in [1.54, 1.807) is 6.92 Å². The maximum atomic E-state index is 12.8. The van der Waals surface area contributed by atoms with Crippen LogP contribution in [-0.2, 0) is 14.3 Å². The van der Waals surface area contributed by atoms with Crippen LogP contribution in [0.1, 0.15) is 26.2 Å². The van der Waals surface area contributed by atoms with E-state index in [1.165, 1.54) is 0 Å². The second-order valence-corrected chi connectivity index (χ2v) is 14.6. The maximum Gasteiger partial charge on any atom is 0.306 e. The van der Waals surface area contributed by atoms with Gasteiger partial charge >= 0.3 is 5.97 Å². The van der Waals surface area contributed by atoms with Crippen molar-refractivity contribution in [3.05, 3.63) is 0 Å². The van der Waals surface area contributed by atoms with Gasteiger partial charge in [0.2, 0.25) is 0 Å². The van der Waals surface area contributed by atoms with Gasteiger partial charge in [0.25, 0.3) is 0 Å². The highest BCUT2D eigenvalue weighted by Gasteiger charge is 3.32. The lowest BCUT2D eigenvalue weighted by atomic mass is 9.41. The first-order chi connectivity index (χ1) is 13.8. The Kier molecular flexibility index (Phi) is 4.59. The predicted octanol–water partition coefficient (Wildman–Crippen LogP) is 5.08. The molecule has 14 heteroatoms. The molecule has 0 saturated heterocycles. The van der Waals surface area contributed by atoms with Gasteiger partial charge < -0.3 is 9.84 Å². The summed E-state index contributed by atoms with van der Waals surface area (Å²) in [5.74, 6) is -1.15. The lowest BCUT2D eigenvalue weighted by Gasteiger charge is -2.81. The van der Waals surface area contributed by atoms with E-state index >= 15 is 0 Å². The average molecular weight is 635 g/mol. The fourth-order valence-corrected chi connectivity index (χ4v) is 16.1. The summed E-state index contributed by atoms with van der Waals surface area (Å²) in [4.78, 5) is 7.97. The maximum absolute atomic E-state index is 12.8. The molecular formula is C17H12Cl10O4. The van der Waals surface area contributed by atoms with Crippen molar-refractivity contribution in [2.24, 2.45) is 0 Å². The third kappa shape index (κ3) is 1.45. The molecule has 0 aromatic rings. The molecule has 1 N–H and O–H groups in total. The summed E-state index contributed by atoms with van der Waals surface area (Å²) < 4.78 is 2.73. The van der Waals surface area contributed by atoms with Crippen molar-refractivity contribution < 1.29 is 19.4 Å². The van der Waals surface area contributed by atoms with Gasteiger partial charge in [0.1, 0.15) is 50.4 Å². The van der Waals surface area contributed by atoms with E-state index < -0.39 is 67.1 Å². The summed E-state index contributed by atoms with van der Waals surface area (Å²) >= 11 is 68.7. The first-order valence-corrected chi connectivity index (χ1v) is 12.9. The summed E-state index contributed by atoms with van der Waals surface area (Å²) in [6, 6.07) is 0. The minimum absolute atomic E-state index is 0.161. The highest BCUT2D eigenvalue weighted by atomic mass is 35.5. The smallest absolute Gasteiger partial charge is 0.306 e. The van der Waals surface area contributed by atoms with E-state index in [0.717, 1.165) is 0 Å². The second kappa shape index (κ2) is 5.77. The zero-order valence-corrected chi connectivity index (χ0v) is 22.8. The van der Waals surface area contributed by atoms with E-state index in [2.05, 4.69) is 0 Å². The minimum Gasteiger partial charge on any atom is -0.466 e. The highest BCUT2D eigenvalue weighted by Crippen LogP contribution is 3.12. The van der Waals surface area contributed by atoms with Gasteiger partial charge in [0.05, 0.1) is 13.0 Å². The number of halogens is 10. The number of alkyl halides is 10. The number of carbonyl (C=O) groups is 2. The Balaban J connectivity index is 1.63. The monoisotopic (exact) mass is 630 g/mol. The van der Waals surface area contributed by atoms with Crippen LogP contribution in [0.4, 0.5) is 0 Å². The number of ketones is 1. The number of esters is 1. The van der Waals surface area contributed by atoms with Gasteiger partial charge in [-0.3, -0.25) is 9.59 Å². The number of ether oxygens (including phenoxy) is 1. The third-order valence-corrected chi connectivity index (χ3v) is 17.5. The van der Waals surface area contributed by atoms with Crippen LogP contribution in [0.25, 0.3) is 0 Å². The summed E-state index contributed by atoms with van der Waals surface area (Å²) in [5, 5.41) is 11.9. The van der Waals surface area contributed by atoms with Crippen LogP contribution in [0.5, 0.6) is 0 Å². The Morgan fingerprint density at radius 3 is 1.42 bits per heavy atom. The zero-order chi connectivity index (χ0) is 23.7. The molecule has 6 aliphatic carbocycles. The molecule has 0 aliphatic heterocycles. The van der Waals surface area contributed by atoms with Gasteiger partial charge in [0.15, 0.2) is 4.33 Å². The Bertz CT molecular complexity index is 900. The predicted molar refractivity (Wildman–Crippen MR) is 124 cm³/mol. The van der Waals surface area contributed by atoms with Gasteiger partial charge in [-0.2, -0.15) is 0 Å². The van der Waals surface area contributed by atoms with E-state index in [9.17, 15) is 14.7 Å². The number of rotatable bonds is 6. The van der Waals surface area contributed by atoms with Crippen LogP contribution < -0.4 is 0 Å². The number of hydrogen-bond donors (Lipinski definition) is 1. The standard InChI is InChI=1S/C17H12Cl10O4/c1-2-31-7(29)4-3-6(28)5-8(30)9(18)11(20)13(22)10(8,19)14(23)12(9,21)15(11,24)17(26,27)16(13,14)25/h30H,2-5H2,1H3/t8?,9?,10?,11-,12-,13-,14+,15?,16?/m0/s1. The average Bonchev–Trinajstić information content (AvgIpc) is 2.90. The molecule has 0 aromatic carbocycles. The largest absolute Gasteiger partial charge is 0.466 e. The van der Waals surface area contributed by atoms with Crippen LogP contribution in [0.15, 0.2) is 0 Å². The van der Waals surface area contributed by atoms with Crippen LogP contribution in [0.3, 0.4) is 0 Å². The molecule has 0 spiro atoms. The van der Waals surface area contributed by atoms with Crippen molar-refractivity contribution in [1.29, 1.82) is 0 Å². The molecule has 0 aromatic heterocycles. The van der Waals surface area contributed by atoms with E-state index in [-0.39, 0.29) is 19.4 Å². The van der Waals surface area contributed by atoms with Crippen molar-refractivity contribution in [2.75, 3.05) is 6.61 Å². The quantitative estimate of drug-likeness (QED) is 0.327. The summed E-state index contributed by atoms with van der Waals surface area (Å²) in [6.45, 7) is 1.79. The number of carbonyl (C=O) groups excluding carboxylic acids is 2. The van der Waals surface area contributed by atoms with Crippen molar-refractivity contribution in [3.8, 4) is 0 Å². The zero-order valence-electron chi connectivity index (χ0n) is 15.3. The number of hydrogen-bond acceptors (Lipinski definition) is 4. The first-order valence-electron chi connectivity index (χ1n) is 9.14. The summed E-state index contributed by atoms with van der Waals surface area (Å²) in [5.41, 5.74) is -2.36. The molecule has 0 amide bonds. The van der Waals surface area contributed by atoms with Crippen molar-refractivity contribution in [1.82, 2.24) is 0 Å². The first kappa shape index (κ1) is 24.7. The van der Waals surface area contributed by atoms with Crippen molar-refractivity contribution >= 4 is 128 Å². The van der Waals surface area contributed by atoms with E-state index in [4.69, 9.17) is 121 Å². The molecule has 31 heavy (non-hydrogen) atoms. The van der Waals surface area contributed by atoms with Gasteiger partial charge in [0, 0.05) is 12.8 Å². The normalized spacial score (nSPS) is 63.1. The Hall–Kier alpha value is 2.00. The fraction of sp³-hybridized carbons (Fsp3) is 0.882. The second-order valence-electron chi connectivity index (χ2n) is 8.72. The number of Topliss-reactive ketones (excluding diaryl/α,β-unsaturated/α-hetero) is 1. The van der Waals surface area contributed by atoms with E-state index in [1.807, 2.05) is 0 Å². The molecule has 9 atom stereocenters. The molecule has 6 fully saturated rings. The molecule has 174 valence electrons. The third-order valence-electron chi connectivity index (χ3n) is 8.12. The van der Waals surface area contributed by atoms with Crippen LogP contribution in [0.2, 0.25) is 0 Å². The van der Waals surface area contributed by atoms with Gasteiger partial charge in [-0.1, -0.05) is 23.2 Å². The summed E-state index contributed by atoms with van der Waals surface area (Å²) in [6.07, 6.45) is -1.14. The lowest BCUT2D eigenvalue weighted by molar-refractivity contribution is -0.145. The Morgan fingerprint density at radius 2 is 1.06 bits per heavy atom. The van der Waals surface area contributed by atoms with E-state index in [0.29, 0.717) is 0 Å². The SMILES string of the molecule is CCOC(=O)CCC(=O)CC1(O)C2(Cl)[C@]3(Cl)C4(Cl)C(Cl)(Cl)C5(Cl)[C@]3(Cl)C1(Cl)[C@]5(Cl)[C@]42Cl. The molecule has 4 nitrogen and oxygen atoms in total. The van der Waals surface area contributed by atoms with Gasteiger partial charge in [-0.25, -0.2) is 0 Å². The Morgan fingerprint density at radius 1 is 0.677 bits per heavy atom. The topological polar surface area (TPSA) is 63.6 Å². The van der Waals surface area contributed by atoms with Gasteiger partial charge in [-0.05, 0) is 6.92 Å². The van der Waals surface area contributed by atoms with Crippen molar-refractivity contribution in [2.45, 2.75) is 75.1 Å². The molecule has 5 unspecified atom stereocenters. The van der Waals surface area contributed by atoms with Gasteiger partial charge in [-0.15, -0.1) is 92.8 Å². The summed E-state index contributed by atoms with van der Waals surface area (Å²) in [7, 11) is 0. The highest BCUT2D eigenvalue weighted by molar-refractivity contribution is 6.78. The van der Waals surface area contributed by atoms with Crippen LogP contribution >= 0.6 is 116 Å². The lowest BCUT2D eigenvalue weighted by Crippen LogP contribution is -3.03. The molecule has 6 saturated carbocycles. The van der Waals surface area contributed by atoms with Crippen LogP contribution in [-0.4, -0.2) is 72.4 Å². The molecule has 0 radical (unpaired) electrons. The minimum atomic E-state index is -2.36. The molecular weight excluding hydrogens is 623 g/mol. The van der Waals surface area contributed by atoms with Crippen molar-refractivity contribution in [3.63, 3.8) is 0 Å². The Labute approximate surface area is 227 Å². The molecule has 0 heterocycles.